The van der Waals surface area contributed by atoms with Crippen LogP contribution < -0.4 is 5.73 Å². The number of aliphatic hydroxyl groups is 1. The van der Waals surface area contributed by atoms with E-state index in [0.29, 0.717) is 6.61 Å². The molecule has 0 saturated heterocycles. The van der Waals surface area contributed by atoms with Crippen LogP contribution in [-0.4, -0.2) is 24.5 Å². The van der Waals surface area contributed by atoms with Gasteiger partial charge in [0, 0.05) is 5.92 Å². The summed E-state index contributed by atoms with van der Waals surface area (Å²) >= 11 is 0. The highest BCUT2D eigenvalue weighted by atomic mass is 35.5. The Labute approximate surface area is 73.3 Å². The van der Waals surface area contributed by atoms with Gasteiger partial charge in [0.25, 0.3) is 0 Å². The van der Waals surface area contributed by atoms with Crippen molar-refractivity contribution >= 4 is 12.4 Å². The van der Waals surface area contributed by atoms with Gasteiger partial charge in [-0.3, -0.25) is 0 Å². The van der Waals surface area contributed by atoms with Crippen LogP contribution in [0.4, 0.5) is 0 Å². The molecule has 0 fully saturated rings. The molecule has 3 nitrogen and oxygen atoms in total. The number of hydrogen-bond donors (Lipinski definition) is 2. The quantitative estimate of drug-likeness (QED) is 0.362. The Hall–Kier alpha value is -0.270. The Morgan fingerprint density at radius 2 is 2.27 bits per heavy atom. The molecular weight excluding hydrogens is 166 g/mol. The first kappa shape index (κ1) is 13.3. The summed E-state index contributed by atoms with van der Waals surface area (Å²) in [7, 11) is 0. The Bertz CT molecular complexity index is 122. The molecule has 0 heterocycles. The van der Waals surface area contributed by atoms with Crippen molar-refractivity contribution in [2.45, 2.75) is 13.2 Å². The van der Waals surface area contributed by atoms with Crippen molar-refractivity contribution < 1.29 is 9.84 Å². The van der Waals surface area contributed by atoms with E-state index in [4.69, 9.17) is 22.0 Å². The van der Waals surface area contributed by atoms with Crippen LogP contribution in [0.1, 0.15) is 6.92 Å². The van der Waals surface area contributed by atoms with E-state index in [2.05, 4.69) is 5.92 Å². The van der Waals surface area contributed by atoms with E-state index < -0.39 is 6.23 Å². The van der Waals surface area contributed by atoms with Gasteiger partial charge in [-0.25, -0.2) is 0 Å². The molecule has 0 aromatic heterocycles. The third kappa shape index (κ3) is 7.63. The molecule has 2 unspecified atom stereocenters. The van der Waals surface area contributed by atoms with Gasteiger partial charge in [0.05, 0.1) is 6.61 Å². The minimum absolute atomic E-state index is 0. The van der Waals surface area contributed by atoms with Crippen LogP contribution in [0.5, 0.6) is 0 Å². The molecule has 0 spiro atoms. The Balaban J connectivity index is 0. The van der Waals surface area contributed by atoms with Crippen LogP contribution >= 0.6 is 12.4 Å². The van der Waals surface area contributed by atoms with Crippen molar-refractivity contribution in [1.29, 1.82) is 0 Å². The van der Waals surface area contributed by atoms with Crippen molar-refractivity contribution in [2.24, 2.45) is 11.7 Å². The summed E-state index contributed by atoms with van der Waals surface area (Å²) in [5, 5.41) is 8.77. The fraction of sp³-hybridized carbons (Fsp3) is 0.714. The van der Waals surface area contributed by atoms with E-state index in [1.165, 1.54) is 0 Å². The first-order chi connectivity index (χ1) is 4.68. The van der Waals surface area contributed by atoms with Gasteiger partial charge in [-0.15, -0.1) is 18.8 Å². The van der Waals surface area contributed by atoms with Gasteiger partial charge < -0.3 is 15.6 Å². The SMILES string of the molecule is C#CCOCC(C)C(N)O.Cl. The smallest absolute Gasteiger partial charge is 0.107 e. The molecule has 0 bridgehead atoms. The number of rotatable bonds is 4. The molecule has 0 aromatic carbocycles. The highest BCUT2D eigenvalue weighted by Gasteiger charge is 2.07. The predicted octanol–water partition coefficient (Wildman–Crippen LogP) is -0.0288. The molecule has 4 heteroatoms. The summed E-state index contributed by atoms with van der Waals surface area (Å²) in [4.78, 5) is 0. The lowest BCUT2D eigenvalue weighted by Gasteiger charge is -2.12. The van der Waals surface area contributed by atoms with Crippen LogP contribution in [-0.2, 0) is 4.74 Å². The van der Waals surface area contributed by atoms with Crippen molar-refractivity contribution in [3.63, 3.8) is 0 Å². The number of hydrogen-bond acceptors (Lipinski definition) is 3. The van der Waals surface area contributed by atoms with Crippen LogP contribution in [0.2, 0.25) is 0 Å². The maximum atomic E-state index is 8.77. The maximum Gasteiger partial charge on any atom is 0.107 e. The number of aliphatic hydroxyl groups excluding tert-OH is 1. The lowest BCUT2D eigenvalue weighted by atomic mass is 10.2. The standard InChI is InChI=1S/C7H13NO2.ClH/c1-3-4-10-5-6(2)7(8)9;/h1,6-7,9H,4-5,8H2,2H3;1H. The zero-order chi connectivity index (χ0) is 7.98. The molecule has 0 aromatic rings. The molecule has 0 amide bonds. The summed E-state index contributed by atoms with van der Waals surface area (Å²) in [6.45, 7) is 2.47. The highest BCUT2D eigenvalue weighted by Crippen LogP contribution is 1.96. The second-order valence-corrected chi connectivity index (χ2v) is 2.19. The minimum Gasteiger partial charge on any atom is -0.378 e. The maximum absolute atomic E-state index is 8.77. The van der Waals surface area contributed by atoms with E-state index in [0.717, 1.165) is 0 Å². The average Bonchev–Trinajstić information content (AvgIpc) is 1.88. The normalized spacial score (nSPS) is 14.4. The van der Waals surface area contributed by atoms with Gasteiger partial charge >= 0.3 is 0 Å². The molecule has 0 saturated carbocycles. The summed E-state index contributed by atoms with van der Waals surface area (Å²) < 4.78 is 4.93. The van der Waals surface area contributed by atoms with Crippen molar-refractivity contribution in [3.8, 4) is 12.3 Å². The molecule has 2 atom stereocenters. The number of terminal acetylenes is 1. The Kier molecular flexibility index (Phi) is 9.49. The first-order valence-electron chi connectivity index (χ1n) is 3.13. The minimum atomic E-state index is -0.822. The zero-order valence-electron chi connectivity index (χ0n) is 6.49. The summed E-state index contributed by atoms with van der Waals surface area (Å²) in [6.07, 6.45) is 4.10. The first-order valence-corrected chi connectivity index (χ1v) is 3.13. The molecule has 66 valence electrons. The lowest BCUT2D eigenvalue weighted by Crippen LogP contribution is -2.30. The van der Waals surface area contributed by atoms with Gasteiger partial charge in [0.15, 0.2) is 0 Å². The van der Waals surface area contributed by atoms with Gasteiger partial charge in [-0.05, 0) is 0 Å². The van der Waals surface area contributed by atoms with Gasteiger partial charge in [0.1, 0.15) is 12.8 Å². The van der Waals surface area contributed by atoms with E-state index in [9.17, 15) is 0 Å². The zero-order valence-corrected chi connectivity index (χ0v) is 7.30. The Morgan fingerprint density at radius 1 is 1.73 bits per heavy atom. The van der Waals surface area contributed by atoms with E-state index in [1.807, 2.05) is 0 Å². The number of halogens is 1. The molecule has 0 rings (SSSR count). The molecule has 0 aliphatic heterocycles. The van der Waals surface area contributed by atoms with Crippen molar-refractivity contribution in [2.75, 3.05) is 13.2 Å². The van der Waals surface area contributed by atoms with Crippen LogP contribution in [0.25, 0.3) is 0 Å². The monoisotopic (exact) mass is 179 g/mol. The molecule has 11 heavy (non-hydrogen) atoms. The fourth-order valence-electron chi connectivity index (χ4n) is 0.402. The summed E-state index contributed by atoms with van der Waals surface area (Å²) in [6, 6.07) is 0. The number of nitrogens with two attached hydrogens (primary N) is 1. The van der Waals surface area contributed by atoms with E-state index in [-0.39, 0.29) is 24.9 Å². The van der Waals surface area contributed by atoms with Crippen molar-refractivity contribution in [1.82, 2.24) is 0 Å². The highest BCUT2D eigenvalue weighted by molar-refractivity contribution is 5.85. The van der Waals surface area contributed by atoms with E-state index >= 15 is 0 Å². The topological polar surface area (TPSA) is 55.5 Å². The number of ether oxygens (including phenoxy) is 1. The largest absolute Gasteiger partial charge is 0.378 e. The second kappa shape index (κ2) is 7.83. The Morgan fingerprint density at radius 3 is 2.64 bits per heavy atom. The fourth-order valence-corrected chi connectivity index (χ4v) is 0.402. The molecule has 0 aliphatic rings. The third-order valence-electron chi connectivity index (χ3n) is 1.15. The second-order valence-electron chi connectivity index (χ2n) is 2.19. The molecule has 0 radical (unpaired) electrons. The third-order valence-corrected chi connectivity index (χ3v) is 1.15. The van der Waals surface area contributed by atoms with Crippen molar-refractivity contribution in [3.05, 3.63) is 0 Å². The summed E-state index contributed by atoms with van der Waals surface area (Å²) in [5.41, 5.74) is 5.14. The average molecular weight is 180 g/mol. The molecule has 3 N–H and O–H groups in total. The van der Waals surface area contributed by atoms with Gasteiger partial charge in [-0.2, -0.15) is 0 Å². The van der Waals surface area contributed by atoms with Crippen LogP contribution in [0.3, 0.4) is 0 Å². The van der Waals surface area contributed by atoms with Gasteiger partial charge in [-0.1, -0.05) is 12.8 Å². The predicted molar refractivity (Wildman–Crippen MR) is 46.3 cm³/mol. The van der Waals surface area contributed by atoms with Crippen LogP contribution in [0, 0.1) is 18.3 Å². The molecular formula is C7H14ClNO2. The van der Waals surface area contributed by atoms with Gasteiger partial charge in [0.2, 0.25) is 0 Å². The molecule has 0 aliphatic carbocycles. The van der Waals surface area contributed by atoms with E-state index in [1.54, 1.807) is 6.92 Å². The lowest BCUT2D eigenvalue weighted by molar-refractivity contribution is 0.0510. The summed E-state index contributed by atoms with van der Waals surface area (Å²) in [5.74, 6) is 2.26. The van der Waals surface area contributed by atoms with Crippen LogP contribution in [0.15, 0.2) is 0 Å².